The number of hydrogen-bond donors (Lipinski definition) is 1. The van der Waals surface area contributed by atoms with Gasteiger partial charge in [0, 0.05) is 42.4 Å². The van der Waals surface area contributed by atoms with Crippen molar-refractivity contribution in [2.24, 2.45) is 5.73 Å². The van der Waals surface area contributed by atoms with Gasteiger partial charge in [-0.2, -0.15) is 0 Å². The number of fused-ring (bicyclic) bond motifs is 1. The molecule has 2 N–H and O–H groups in total. The zero-order valence-electron chi connectivity index (χ0n) is 22.3. The summed E-state index contributed by atoms with van der Waals surface area (Å²) in [5.41, 5.74) is 9.28. The van der Waals surface area contributed by atoms with Crippen molar-refractivity contribution in [3.8, 4) is 11.6 Å². The maximum absolute atomic E-state index is 14.1. The highest BCUT2D eigenvalue weighted by Crippen LogP contribution is 2.28. The number of pyridine rings is 1. The van der Waals surface area contributed by atoms with E-state index >= 15 is 0 Å². The van der Waals surface area contributed by atoms with Crippen molar-refractivity contribution < 1.29 is 23.4 Å². The Morgan fingerprint density at radius 3 is 2.78 bits per heavy atom. The molecule has 1 amide bonds. The second-order valence-corrected chi connectivity index (χ2v) is 10.5. The summed E-state index contributed by atoms with van der Waals surface area (Å²) >= 11 is 5.84. The van der Waals surface area contributed by atoms with Gasteiger partial charge in [-0.05, 0) is 48.7 Å². The standard InChI is InChI=1S/C30H29ClFN5O4/c31-21-5-4-20(24(32)14-21)18-40-29-3-1-2-25(35-29)19-8-11-36(12-9-19)17-28-34-26-15-22(41-30(33)38)6-7-27(26)37(28)16-23-10-13-39-23/h1-8,14-15,23H,9-13,16-18H2,(H2,33,38)/t23-/m0/s1. The number of primary amides is 1. The molecular weight excluding hydrogens is 549 g/mol. The highest BCUT2D eigenvalue weighted by Gasteiger charge is 2.24. The fourth-order valence-corrected chi connectivity index (χ4v) is 5.21. The van der Waals surface area contributed by atoms with Gasteiger partial charge in [0.05, 0.1) is 35.9 Å². The molecule has 2 aliphatic rings. The Kier molecular flexibility index (Phi) is 7.86. The molecule has 2 aromatic heterocycles. The van der Waals surface area contributed by atoms with E-state index in [1.165, 1.54) is 6.07 Å². The maximum Gasteiger partial charge on any atom is 0.409 e. The molecule has 41 heavy (non-hydrogen) atoms. The third-order valence-corrected chi connectivity index (χ3v) is 7.53. The number of halogens is 2. The Balaban J connectivity index is 1.14. The number of benzene rings is 2. The number of amides is 1. The van der Waals surface area contributed by atoms with E-state index in [2.05, 4.69) is 20.5 Å². The van der Waals surface area contributed by atoms with Crippen LogP contribution < -0.4 is 15.2 Å². The van der Waals surface area contributed by atoms with Gasteiger partial charge in [-0.15, -0.1) is 0 Å². The number of rotatable bonds is 9. The fourth-order valence-electron chi connectivity index (χ4n) is 5.05. The van der Waals surface area contributed by atoms with E-state index in [1.54, 1.807) is 30.3 Å². The van der Waals surface area contributed by atoms with Crippen LogP contribution in [0.2, 0.25) is 5.02 Å². The van der Waals surface area contributed by atoms with Gasteiger partial charge in [0.1, 0.15) is 24.0 Å². The van der Waals surface area contributed by atoms with E-state index in [0.29, 0.717) is 35.3 Å². The zero-order valence-corrected chi connectivity index (χ0v) is 23.0. The number of aromatic nitrogens is 3. The number of imidazole rings is 1. The Bertz CT molecular complexity index is 1620. The summed E-state index contributed by atoms with van der Waals surface area (Å²) in [6.45, 7) is 3.77. The maximum atomic E-state index is 14.1. The summed E-state index contributed by atoms with van der Waals surface area (Å²) in [5.74, 6) is 1.32. The molecule has 212 valence electrons. The van der Waals surface area contributed by atoms with Gasteiger partial charge in [-0.25, -0.2) is 19.2 Å². The third-order valence-electron chi connectivity index (χ3n) is 7.30. The minimum absolute atomic E-state index is 0.0648. The third kappa shape index (κ3) is 6.35. The number of carbonyl (C=O) groups excluding carboxylic acids is 1. The summed E-state index contributed by atoms with van der Waals surface area (Å²) in [7, 11) is 0. The number of hydrogen-bond acceptors (Lipinski definition) is 7. The molecule has 11 heteroatoms. The van der Waals surface area contributed by atoms with Crippen LogP contribution in [0, 0.1) is 5.82 Å². The van der Waals surface area contributed by atoms with Crippen LogP contribution in [0.1, 0.15) is 29.9 Å². The van der Waals surface area contributed by atoms with Crippen LogP contribution >= 0.6 is 11.6 Å². The number of ether oxygens (including phenoxy) is 3. The Morgan fingerprint density at radius 2 is 2.05 bits per heavy atom. The summed E-state index contributed by atoms with van der Waals surface area (Å²) in [6, 6.07) is 15.5. The number of nitrogens with two attached hydrogens (primary N) is 1. The molecule has 2 aromatic carbocycles. The van der Waals surface area contributed by atoms with Crippen molar-refractivity contribution in [3.05, 3.63) is 88.6 Å². The predicted octanol–water partition coefficient (Wildman–Crippen LogP) is 5.34. The number of nitrogens with zero attached hydrogens (tertiary/aromatic N) is 4. The minimum Gasteiger partial charge on any atom is -0.473 e. The van der Waals surface area contributed by atoms with Crippen LogP contribution in [0.15, 0.2) is 60.7 Å². The van der Waals surface area contributed by atoms with E-state index in [4.69, 9.17) is 36.5 Å². The topological polar surface area (TPSA) is 105 Å². The Hall–Kier alpha value is -3.99. The molecule has 0 radical (unpaired) electrons. The first kappa shape index (κ1) is 27.2. The lowest BCUT2D eigenvalue weighted by atomic mass is 10.0. The second-order valence-electron chi connectivity index (χ2n) is 10.1. The highest BCUT2D eigenvalue weighted by molar-refractivity contribution is 6.30. The molecule has 0 bridgehead atoms. The van der Waals surface area contributed by atoms with Gasteiger partial charge < -0.3 is 24.5 Å². The summed E-state index contributed by atoms with van der Waals surface area (Å²) < 4.78 is 32.8. The molecule has 2 aliphatic heterocycles. The summed E-state index contributed by atoms with van der Waals surface area (Å²) in [6.07, 6.45) is 3.31. The molecule has 4 aromatic rings. The molecule has 6 rings (SSSR count). The molecule has 0 saturated carbocycles. The molecule has 1 fully saturated rings. The van der Waals surface area contributed by atoms with Crippen molar-refractivity contribution in [2.45, 2.75) is 38.6 Å². The van der Waals surface area contributed by atoms with Crippen LogP contribution in [-0.2, 0) is 24.4 Å². The van der Waals surface area contributed by atoms with Gasteiger partial charge >= 0.3 is 6.09 Å². The molecule has 1 atom stereocenters. The van der Waals surface area contributed by atoms with Gasteiger partial charge in [-0.3, -0.25) is 4.90 Å². The van der Waals surface area contributed by atoms with Crippen molar-refractivity contribution in [3.63, 3.8) is 0 Å². The van der Waals surface area contributed by atoms with Crippen molar-refractivity contribution in [2.75, 3.05) is 19.7 Å². The van der Waals surface area contributed by atoms with Crippen LogP contribution in [0.3, 0.4) is 0 Å². The monoisotopic (exact) mass is 577 g/mol. The van der Waals surface area contributed by atoms with Gasteiger partial charge in [0.25, 0.3) is 0 Å². The molecule has 0 spiro atoms. The zero-order chi connectivity index (χ0) is 28.3. The Labute approximate surface area is 241 Å². The van der Waals surface area contributed by atoms with E-state index in [0.717, 1.165) is 60.7 Å². The van der Waals surface area contributed by atoms with Crippen LogP contribution in [0.25, 0.3) is 16.6 Å². The van der Waals surface area contributed by atoms with Crippen LogP contribution in [0.4, 0.5) is 9.18 Å². The Morgan fingerprint density at radius 1 is 1.17 bits per heavy atom. The SMILES string of the molecule is NC(=O)Oc1ccc2c(c1)nc(CN1CC=C(c3cccc(OCc4ccc(Cl)cc4F)n3)CC1)n2C[C@@H]1CCO1. The lowest BCUT2D eigenvalue weighted by molar-refractivity contribution is -0.0591. The molecule has 1 saturated heterocycles. The van der Waals surface area contributed by atoms with Crippen molar-refractivity contribution >= 4 is 34.3 Å². The van der Waals surface area contributed by atoms with E-state index in [1.807, 2.05) is 18.2 Å². The van der Waals surface area contributed by atoms with E-state index < -0.39 is 11.9 Å². The average Bonchev–Trinajstić information content (AvgIpc) is 3.26. The molecule has 9 nitrogen and oxygen atoms in total. The van der Waals surface area contributed by atoms with Crippen LogP contribution in [-0.4, -0.2) is 51.3 Å². The minimum atomic E-state index is -0.857. The summed E-state index contributed by atoms with van der Waals surface area (Å²) in [4.78, 5) is 23.1. The molecule has 0 aliphatic carbocycles. The summed E-state index contributed by atoms with van der Waals surface area (Å²) in [5, 5.41) is 0.346. The first-order valence-electron chi connectivity index (χ1n) is 13.4. The molecule has 0 unspecified atom stereocenters. The first-order valence-corrected chi connectivity index (χ1v) is 13.8. The predicted molar refractivity (Wildman–Crippen MR) is 152 cm³/mol. The van der Waals surface area contributed by atoms with Gasteiger partial charge in [0.15, 0.2) is 0 Å². The number of carbonyl (C=O) groups is 1. The fraction of sp³-hybridized carbons (Fsp3) is 0.300. The van der Waals surface area contributed by atoms with E-state index in [9.17, 15) is 9.18 Å². The van der Waals surface area contributed by atoms with Gasteiger partial charge in [-0.1, -0.05) is 29.8 Å². The average molecular weight is 578 g/mol. The normalized spacial score (nSPS) is 17.2. The van der Waals surface area contributed by atoms with E-state index in [-0.39, 0.29) is 12.7 Å². The lowest BCUT2D eigenvalue weighted by Crippen LogP contribution is -2.33. The van der Waals surface area contributed by atoms with Gasteiger partial charge in [0.2, 0.25) is 5.88 Å². The largest absolute Gasteiger partial charge is 0.473 e. The van der Waals surface area contributed by atoms with Crippen molar-refractivity contribution in [1.82, 2.24) is 19.4 Å². The van der Waals surface area contributed by atoms with Crippen LogP contribution in [0.5, 0.6) is 11.6 Å². The lowest BCUT2D eigenvalue weighted by Gasteiger charge is -2.29. The molecule has 4 heterocycles. The van der Waals surface area contributed by atoms with Crippen molar-refractivity contribution in [1.29, 1.82) is 0 Å². The first-order chi connectivity index (χ1) is 19.9. The molecular formula is C30H29ClFN5O4. The quantitative estimate of drug-likeness (QED) is 0.286. The highest BCUT2D eigenvalue weighted by atomic mass is 35.5. The smallest absolute Gasteiger partial charge is 0.409 e. The second kappa shape index (κ2) is 11.9.